The number of aryl methyl sites for hydroxylation is 2. The summed E-state index contributed by atoms with van der Waals surface area (Å²) >= 11 is 1.56. The minimum atomic E-state index is -0.0763. The third-order valence-electron chi connectivity index (χ3n) is 6.80. The lowest BCUT2D eigenvalue weighted by Crippen LogP contribution is -2.48. The molecule has 0 aliphatic carbocycles. The quantitative estimate of drug-likeness (QED) is 0.548. The second kappa shape index (κ2) is 9.47. The van der Waals surface area contributed by atoms with Crippen molar-refractivity contribution in [1.29, 1.82) is 0 Å². The number of carbonyl (C=O) groups is 1. The van der Waals surface area contributed by atoms with Crippen LogP contribution >= 0.6 is 11.3 Å². The number of amides is 1. The normalized spacial score (nSPS) is 18.3. The summed E-state index contributed by atoms with van der Waals surface area (Å²) in [6.45, 7) is 9.26. The Balaban J connectivity index is 1.21. The number of benzene rings is 1. The Morgan fingerprint density at radius 1 is 1.29 bits per heavy atom. The fourth-order valence-corrected chi connectivity index (χ4v) is 5.79. The molecular weight excluding hydrogens is 464 g/mol. The number of ether oxygens (including phenoxy) is 2. The van der Waals surface area contributed by atoms with Crippen molar-refractivity contribution in [3.05, 3.63) is 56.0 Å². The van der Waals surface area contributed by atoms with E-state index in [1.807, 2.05) is 37.8 Å². The molecule has 0 radical (unpaired) electrons. The summed E-state index contributed by atoms with van der Waals surface area (Å²) in [6, 6.07) is 3.94. The van der Waals surface area contributed by atoms with Crippen molar-refractivity contribution in [3.63, 3.8) is 0 Å². The van der Waals surface area contributed by atoms with Crippen molar-refractivity contribution < 1.29 is 14.3 Å². The van der Waals surface area contributed by atoms with E-state index in [0.29, 0.717) is 30.8 Å². The number of H-pyrrole nitrogens is 1. The molecule has 1 atom stereocenters. The van der Waals surface area contributed by atoms with Gasteiger partial charge in [0, 0.05) is 54.7 Å². The van der Waals surface area contributed by atoms with Crippen LogP contribution in [-0.2, 0) is 17.8 Å². The van der Waals surface area contributed by atoms with Gasteiger partial charge in [-0.2, -0.15) is 0 Å². The van der Waals surface area contributed by atoms with Crippen LogP contribution in [-0.4, -0.2) is 65.1 Å². The Morgan fingerprint density at radius 2 is 2.06 bits per heavy atom. The van der Waals surface area contributed by atoms with Crippen molar-refractivity contribution in [2.24, 2.45) is 0 Å². The summed E-state index contributed by atoms with van der Waals surface area (Å²) in [5.74, 6) is 2.24. The molecule has 8 nitrogen and oxygen atoms in total. The summed E-state index contributed by atoms with van der Waals surface area (Å²) in [6.07, 6.45) is 4.42. The number of aromatic nitrogens is 2. The average Bonchev–Trinajstić information content (AvgIpc) is 3.34. The Bertz CT molecular complexity index is 1370. The number of rotatable bonds is 5. The molecule has 1 saturated heterocycles. The topological polar surface area (TPSA) is 87.8 Å². The molecule has 1 N–H and O–H groups in total. The molecule has 35 heavy (non-hydrogen) atoms. The van der Waals surface area contributed by atoms with Gasteiger partial charge in [0.05, 0.1) is 19.0 Å². The van der Waals surface area contributed by atoms with Crippen LogP contribution in [0.5, 0.6) is 11.5 Å². The van der Waals surface area contributed by atoms with E-state index in [9.17, 15) is 9.59 Å². The van der Waals surface area contributed by atoms with Crippen LogP contribution in [0.25, 0.3) is 16.3 Å². The number of piperazine rings is 1. The van der Waals surface area contributed by atoms with Crippen molar-refractivity contribution in [1.82, 2.24) is 19.8 Å². The number of thiophene rings is 1. The number of carbonyl (C=O) groups excluding carboxylic acids is 1. The molecule has 1 unspecified atom stereocenters. The van der Waals surface area contributed by atoms with Crippen LogP contribution in [0.3, 0.4) is 0 Å². The molecular formula is C26H30N4O4S. The van der Waals surface area contributed by atoms with E-state index in [1.54, 1.807) is 30.6 Å². The molecule has 1 fully saturated rings. The first-order valence-corrected chi connectivity index (χ1v) is 12.7. The molecule has 1 amide bonds. The third kappa shape index (κ3) is 4.70. The monoisotopic (exact) mass is 494 g/mol. The number of nitrogens with one attached hydrogen (secondary N) is 1. The zero-order chi connectivity index (χ0) is 24.7. The first kappa shape index (κ1) is 23.6. The Kier molecular flexibility index (Phi) is 6.37. The summed E-state index contributed by atoms with van der Waals surface area (Å²) in [5, 5.41) is 0.694. The molecule has 0 spiro atoms. The van der Waals surface area contributed by atoms with Gasteiger partial charge in [0.2, 0.25) is 5.91 Å². The summed E-state index contributed by atoms with van der Waals surface area (Å²) in [5.41, 5.74) is 2.89. The fourth-order valence-electron chi connectivity index (χ4n) is 4.74. The van der Waals surface area contributed by atoms with Gasteiger partial charge < -0.3 is 19.4 Å². The molecule has 4 heterocycles. The van der Waals surface area contributed by atoms with E-state index in [-0.39, 0.29) is 17.6 Å². The number of fused-ring (bicyclic) bond motifs is 2. The van der Waals surface area contributed by atoms with Gasteiger partial charge in [-0.3, -0.25) is 14.5 Å². The highest BCUT2D eigenvalue weighted by Crippen LogP contribution is 2.35. The molecule has 2 aliphatic heterocycles. The van der Waals surface area contributed by atoms with Crippen LogP contribution in [0, 0.1) is 13.8 Å². The maximum absolute atomic E-state index is 12.8. The molecule has 2 aromatic heterocycles. The number of methoxy groups -OCH3 is 1. The van der Waals surface area contributed by atoms with Gasteiger partial charge in [-0.1, -0.05) is 0 Å². The molecule has 0 bridgehead atoms. The van der Waals surface area contributed by atoms with Crippen molar-refractivity contribution >= 4 is 33.5 Å². The summed E-state index contributed by atoms with van der Waals surface area (Å²) in [4.78, 5) is 39.0. The number of hydrogen-bond acceptors (Lipinski definition) is 7. The second-order valence-electron chi connectivity index (χ2n) is 9.25. The highest BCUT2D eigenvalue weighted by atomic mass is 32.1. The lowest BCUT2D eigenvalue weighted by molar-refractivity contribution is -0.127. The molecule has 5 rings (SSSR count). The van der Waals surface area contributed by atoms with Crippen molar-refractivity contribution in [2.45, 2.75) is 39.8 Å². The SMILES string of the molecule is COc1cc2c(cc1/C=C/C(=O)N1CCN(Cc3nc4sc(C)c(C)c4c(=O)[nH]3)CC1)OC(C)C2. The predicted molar refractivity (Wildman–Crippen MR) is 137 cm³/mol. The number of nitrogens with zero attached hydrogens (tertiary/aromatic N) is 3. The third-order valence-corrected chi connectivity index (χ3v) is 7.90. The number of aromatic amines is 1. The van der Waals surface area contributed by atoms with E-state index in [1.165, 1.54) is 0 Å². The molecule has 1 aromatic carbocycles. The van der Waals surface area contributed by atoms with E-state index in [2.05, 4.69) is 14.9 Å². The van der Waals surface area contributed by atoms with E-state index >= 15 is 0 Å². The van der Waals surface area contributed by atoms with Gasteiger partial charge in [-0.25, -0.2) is 4.98 Å². The van der Waals surface area contributed by atoms with Crippen LogP contribution in [0.15, 0.2) is 23.0 Å². The molecule has 184 valence electrons. The highest BCUT2D eigenvalue weighted by Gasteiger charge is 2.23. The first-order valence-electron chi connectivity index (χ1n) is 11.9. The summed E-state index contributed by atoms with van der Waals surface area (Å²) < 4.78 is 11.4. The maximum Gasteiger partial charge on any atom is 0.259 e. The first-order chi connectivity index (χ1) is 16.8. The van der Waals surface area contributed by atoms with Gasteiger partial charge in [0.25, 0.3) is 5.56 Å². The van der Waals surface area contributed by atoms with Gasteiger partial charge in [0.1, 0.15) is 28.3 Å². The van der Waals surface area contributed by atoms with Gasteiger partial charge in [-0.05, 0) is 44.5 Å². The van der Waals surface area contributed by atoms with Crippen LogP contribution in [0.4, 0.5) is 0 Å². The average molecular weight is 495 g/mol. The van der Waals surface area contributed by atoms with Gasteiger partial charge >= 0.3 is 0 Å². The minimum absolute atomic E-state index is 0.0287. The molecule has 2 aliphatic rings. The predicted octanol–water partition coefficient (Wildman–Crippen LogP) is 3.29. The number of hydrogen-bond donors (Lipinski definition) is 1. The van der Waals surface area contributed by atoms with Crippen LogP contribution in [0.1, 0.15) is 34.3 Å². The van der Waals surface area contributed by atoms with E-state index < -0.39 is 0 Å². The van der Waals surface area contributed by atoms with Gasteiger partial charge in [0.15, 0.2) is 0 Å². The molecule has 0 saturated carbocycles. The second-order valence-corrected chi connectivity index (χ2v) is 10.4. The lowest BCUT2D eigenvalue weighted by Gasteiger charge is -2.33. The highest BCUT2D eigenvalue weighted by molar-refractivity contribution is 7.18. The van der Waals surface area contributed by atoms with Gasteiger partial charge in [-0.15, -0.1) is 11.3 Å². The Hall–Kier alpha value is -3.17. The van der Waals surface area contributed by atoms with Crippen LogP contribution in [0.2, 0.25) is 0 Å². The Morgan fingerprint density at radius 3 is 2.80 bits per heavy atom. The zero-order valence-corrected chi connectivity index (χ0v) is 21.3. The molecule has 3 aromatic rings. The summed E-state index contributed by atoms with van der Waals surface area (Å²) in [7, 11) is 1.64. The van der Waals surface area contributed by atoms with E-state index in [4.69, 9.17) is 9.47 Å². The minimum Gasteiger partial charge on any atom is -0.496 e. The smallest absolute Gasteiger partial charge is 0.259 e. The lowest BCUT2D eigenvalue weighted by atomic mass is 10.1. The molecule has 9 heteroatoms. The Labute approximate surface area is 208 Å². The fraction of sp³-hybridized carbons (Fsp3) is 0.423. The van der Waals surface area contributed by atoms with Crippen LogP contribution < -0.4 is 15.0 Å². The zero-order valence-electron chi connectivity index (χ0n) is 20.5. The van der Waals surface area contributed by atoms with Crippen molar-refractivity contribution in [3.8, 4) is 11.5 Å². The standard InChI is InChI=1S/C26H30N4O4S/c1-15-11-19-13-20(33-4)18(12-21(19)34-15)5-6-23(31)30-9-7-29(8-10-30)14-22-27-25(32)24-16(2)17(3)35-26(24)28-22/h5-6,12-13,15H,7-11,14H2,1-4H3,(H,27,28,32)/b6-5+. The largest absolute Gasteiger partial charge is 0.496 e. The van der Waals surface area contributed by atoms with Crippen molar-refractivity contribution in [2.75, 3.05) is 33.3 Å². The van der Waals surface area contributed by atoms with E-state index in [0.717, 1.165) is 57.4 Å². The maximum atomic E-state index is 12.8.